The summed E-state index contributed by atoms with van der Waals surface area (Å²) in [4.78, 5) is 0. The van der Waals surface area contributed by atoms with Crippen molar-refractivity contribution < 1.29 is 0 Å². The van der Waals surface area contributed by atoms with Crippen LogP contribution in [0.5, 0.6) is 0 Å². The minimum Gasteiger partial charge on any atom is -0.314 e. The zero-order valence-electron chi connectivity index (χ0n) is 12.3. The minimum absolute atomic E-state index is 0.407. The normalized spacial score (nSPS) is 12.8. The van der Waals surface area contributed by atoms with E-state index in [1.54, 1.807) is 0 Å². The van der Waals surface area contributed by atoms with E-state index in [2.05, 4.69) is 42.5 Å². The minimum atomic E-state index is 0.407. The number of benzene rings is 1. The molecule has 1 aromatic heterocycles. The first kappa shape index (κ1) is 15.1. The van der Waals surface area contributed by atoms with Crippen molar-refractivity contribution in [2.45, 2.75) is 32.2 Å². The summed E-state index contributed by atoms with van der Waals surface area (Å²) in [5.41, 5.74) is 2.42. The van der Waals surface area contributed by atoms with Crippen molar-refractivity contribution in [2.24, 2.45) is 7.05 Å². The van der Waals surface area contributed by atoms with Crippen LogP contribution in [0.25, 0.3) is 0 Å². The van der Waals surface area contributed by atoms with Gasteiger partial charge >= 0.3 is 0 Å². The first-order valence-electron chi connectivity index (χ1n) is 7.02. The lowest BCUT2D eigenvalue weighted by molar-refractivity contribution is 0.522. The monoisotopic (exact) mass is 291 g/mol. The highest BCUT2D eigenvalue weighted by atomic mass is 35.5. The third kappa shape index (κ3) is 4.36. The van der Waals surface area contributed by atoms with Crippen LogP contribution in [0.2, 0.25) is 5.02 Å². The number of hydrogen-bond acceptors (Lipinski definition) is 2. The van der Waals surface area contributed by atoms with Crippen LogP contribution >= 0.6 is 11.6 Å². The van der Waals surface area contributed by atoms with Gasteiger partial charge in [0.15, 0.2) is 0 Å². The predicted molar refractivity (Wildman–Crippen MR) is 84.2 cm³/mol. The summed E-state index contributed by atoms with van der Waals surface area (Å²) >= 11 is 5.98. The maximum atomic E-state index is 5.98. The second-order valence-electron chi connectivity index (χ2n) is 5.50. The molecule has 0 aliphatic heterocycles. The molecule has 3 nitrogen and oxygen atoms in total. The Morgan fingerprint density at radius 3 is 2.45 bits per heavy atom. The average Bonchev–Trinajstić information content (AvgIpc) is 2.81. The van der Waals surface area contributed by atoms with Crippen LogP contribution < -0.4 is 5.32 Å². The van der Waals surface area contributed by atoms with Gasteiger partial charge in [-0.3, -0.25) is 4.68 Å². The molecule has 0 amide bonds. The molecule has 2 aromatic rings. The van der Waals surface area contributed by atoms with Crippen LogP contribution in [0, 0.1) is 0 Å². The molecule has 2 rings (SSSR count). The van der Waals surface area contributed by atoms with Gasteiger partial charge in [0, 0.05) is 36.8 Å². The van der Waals surface area contributed by atoms with Crippen molar-refractivity contribution in [3.05, 3.63) is 52.8 Å². The number of rotatable bonds is 6. The lowest BCUT2D eigenvalue weighted by atomic mass is 9.94. The van der Waals surface area contributed by atoms with E-state index in [1.807, 2.05) is 30.1 Å². The summed E-state index contributed by atoms with van der Waals surface area (Å²) in [5, 5.41) is 8.78. The van der Waals surface area contributed by atoms with Gasteiger partial charge in [-0.05, 0) is 30.2 Å². The number of aromatic nitrogens is 2. The first-order chi connectivity index (χ1) is 9.54. The van der Waals surface area contributed by atoms with E-state index in [9.17, 15) is 0 Å². The summed E-state index contributed by atoms with van der Waals surface area (Å²) in [7, 11) is 1.95. The Morgan fingerprint density at radius 2 is 1.90 bits per heavy atom. The molecule has 4 heteroatoms. The van der Waals surface area contributed by atoms with E-state index in [-0.39, 0.29) is 0 Å². The number of nitrogens with one attached hydrogen (secondary N) is 1. The molecule has 20 heavy (non-hydrogen) atoms. The quantitative estimate of drug-likeness (QED) is 0.884. The topological polar surface area (TPSA) is 29.9 Å². The third-order valence-corrected chi connectivity index (χ3v) is 3.59. The van der Waals surface area contributed by atoms with Crippen molar-refractivity contribution in [2.75, 3.05) is 6.54 Å². The number of nitrogens with zero attached hydrogens (tertiary/aromatic N) is 2. The van der Waals surface area contributed by atoms with Crippen LogP contribution in [0.3, 0.4) is 0 Å². The number of aryl methyl sites for hydroxylation is 1. The highest BCUT2D eigenvalue weighted by Gasteiger charge is 2.14. The number of halogens is 1. The van der Waals surface area contributed by atoms with E-state index in [1.165, 1.54) is 5.56 Å². The van der Waals surface area contributed by atoms with Gasteiger partial charge in [0.1, 0.15) is 0 Å². The fourth-order valence-corrected chi connectivity index (χ4v) is 2.37. The molecule has 0 fully saturated rings. The summed E-state index contributed by atoms with van der Waals surface area (Å²) in [6, 6.07) is 10.7. The van der Waals surface area contributed by atoms with E-state index in [0.717, 1.165) is 23.7 Å². The molecule has 1 N–H and O–H groups in total. The Labute approximate surface area is 126 Å². The Kier molecular flexibility index (Phi) is 5.21. The van der Waals surface area contributed by atoms with Crippen molar-refractivity contribution in [3.63, 3.8) is 0 Å². The fraction of sp³-hybridized carbons (Fsp3) is 0.438. The lowest BCUT2D eigenvalue weighted by Gasteiger charge is -2.19. The Balaban J connectivity index is 2.13. The van der Waals surface area contributed by atoms with Crippen LogP contribution in [0.1, 0.15) is 31.0 Å². The predicted octanol–water partition coefficient (Wildman–Crippen LogP) is 3.40. The van der Waals surface area contributed by atoms with Gasteiger partial charge in [-0.25, -0.2) is 0 Å². The lowest BCUT2D eigenvalue weighted by Crippen LogP contribution is -2.29. The highest BCUT2D eigenvalue weighted by Crippen LogP contribution is 2.21. The molecule has 0 bridgehead atoms. The Hall–Kier alpha value is -1.32. The standard InChI is InChI=1S/C16H22ClN3/c1-12(2)18-11-14(10-16-8-9-20(3)19-16)13-4-6-15(17)7-5-13/h4-9,12,14,18H,10-11H2,1-3H3. The summed E-state index contributed by atoms with van der Waals surface area (Å²) < 4.78 is 1.85. The molecular weight excluding hydrogens is 270 g/mol. The van der Waals surface area contributed by atoms with Gasteiger partial charge in [0.05, 0.1) is 5.69 Å². The van der Waals surface area contributed by atoms with E-state index in [4.69, 9.17) is 11.6 Å². The molecule has 0 aliphatic rings. The van der Waals surface area contributed by atoms with Crippen molar-refractivity contribution in [1.82, 2.24) is 15.1 Å². The molecule has 1 aromatic carbocycles. The fourth-order valence-electron chi connectivity index (χ4n) is 2.25. The van der Waals surface area contributed by atoms with Gasteiger partial charge in [-0.1, -0.05) is 37.6 Å². The van der Waals surface area contributed by atoms with Gasteiger partial charge in [-0.15, -0.1) is 0 Å². The molecule has 108 valence electrons. The molecule has 0 saturated carbocycles. The maximum Gasteiger partial charge on any atom is 0.0631 e. The zero-order valence-corrected chi connectivity index (χ0v) is 13.1. The largest absolute Gasteiger partial charge is 0.314 e. The van der Waals surface area contributed by atoms with E-state index < -0.39 is 0 Å². The van der Waals surface area contributed by atoms with Gasteiger partial charge in [0.2, 0.25) is 0 Å². The maximum absolute atomic E-state index is 5.98. The summed E-state index contributed by atoms with van der Waals surface area (Å²) in [6.45, 7) is 5.27. The first-order valence-corrected chi connectivity index (χ1v) is 7.39. The molecule has 0 aliphatic carbocycles. The highest BCUT2D eigenvalue weighted by molar-refractivity contribution is 6.30. The second kappa shape index (κ2) is 6.91. The molecule has 1 atom stereocenters. The van der Waals surface area contributed by atoms with Crippen LogP contribution in [0.4, 0.5) is 0 Å². The number of hydrogen-bond donors (Lipinski definition) is 1. The SMILES string of the molecule is CC(C)NCC(Cc1ccn(C)n1)c1ccc(Cl)cc1. The third-order valence-electron chi connectivity index (χ3n) is 3.34. The van der Waals surface area contributed by atoms with Crippen LogP contribution in [-0.4, -0.2) is 22.4 Å². The smallest absolute Gasteiger partial charge is 0.0631 e. The molecular formula is C16H22ClN3. The molecule has 0 spiro atoms. The molecule has 1 unspecified atom stereocenters. The molecule has 0 saturated heterocycles. The van der Waals surface area contributed by atoms with Gasteiger partial charge < -0.3 is 5.32 Å². The van der Waals surface area contributed by atoms with E-state index in [0.29, 0.717) is 12.0 Å². The van der Waals surface area contributed by atoms with Crippen LogP contribution in [-0.2, 0) is 13.5 Å². The van der Waals surface area contributed by atoms with Gasteiger partial charge in [-0.2, -0.15) is 5.10 Å². The van der Waals surface area contributed by atoms with Crippen LogP contribution in [0.15, 0.2) is 36.5 Å². The summed E-state index contributed by atoms with van der Waals surface area (Å²) in [5.74, 6) is 0.407. The Bertz CT molecular complexity index is 531. The molecule has 1 heterocycles. The van der Waals surface area contributed by atoms with Gasteiger partial charge in [0.25, 0.3) is 0 Å². The Morgan fingerprint density at radius 1 is 1.20 bits per heavy atom. The zero-order chi connectivity index (χ0) is 14.5. The molecule has 0 radical (unpaired) electrons. The average molecular weight is 292 g/mol. The summed E-state index contributed by atoms with van der Waals surface area (Å²) in [6.07, 6.45) is 2.92. The van der Waals surface area contributed by atoms with Crippen molar-refractivity contribution in [3.8, 4) is 0 Å². The second-order valence-corrected chi connectivity index (χ2v) is 5.93. The van der Waals surface area contributed by atoms with Crippen molar-refractivity contribution in [1.29, 1.82) is 0 Å². The van der Waals surface area contributed by atoms with E-state index >= 15 is 0 Å². The van der Waals surface area contributed by atoms with Crippen molar-refractivity contribution >= 4 is 11.6 Å².